The maximum Gasteiger partial charge on any atom is 0.500 e. The summed E-state index contributed by atoms with van der Waals surface area (Å²) in [6.45, 7) is 10.9. The van der Waals surface area contributed by atoms with E-state index in [1.165, 1.54) is 0 Å². The quantitative estimate of drug-likeness (QED) is 0.780. The summed E-state index contributed by atoms with van der Waals surface area (Å²) in [5, 5.41) is 0. The van der Waals surface area contributed by atoms with Crippen LogP contribution < -0.4 is 10.2 Å². The lowest BCUT2D eigenvalue weighted by Crippen LogP contribution is -2.41. The predicted molar refractivity (Wildman–Crippen MR) is 75.7 cm³/mol. The zero-order chi connectivity index (χ0) is 14.1. The molecule has 0 saturated carbocycles. The Morgan fingerprint density at radius 3 is 2.42 bits per heavy atom. The van der Waals surface area contributed by atoms with E-state index >= 15 is 0 Å². The summed E-state index contributed by atoms with van der Waals surface area (Å²) in [7, 11) is -0.425. The Bertz CT molecular complexity index is 432. The van der Waals surface area contributed by atoms with Crippen molar-refractivity contribution in [2.45, 2.75) is 52.2 Å². The molecule has 1 aliphatic heterocycles. The van der Waals surface area contributed by atoms with Crippen LogP contribution in [0.1, 0.15) is 41.0 Å². The molecule has 1 saturated heterocycles. The van der Waals surface area contributed by atoms with E-state index in [-0.39, 0.29) is 11.2 Å². The Kier molecular flexibility index (Phi) is 3.88. The largest absolute Gasteiger partial charge is 0.500 e. The number of nitrogens with zero attached hydrogens (tertiary/aromatic N) is 1. The highest BCUT2D eigenvalue weighted by molar-refractivity contribution is 6.63. The summed E-state index contributed by atoms with van der Waals surface area (Å²) < 4.78 is 17.8. The molecule has 0 aromatic carbocycles. The summed E-state index contributed by atoms with van der Waals surface area (Å²) in [6.07, 6.45) is 4.44. The molecule has 19 heavy (non-hydrogen) atoms. The van der Waals surface area contributed by atoms with Crippen molar-refractivity contribution in [3.05, 3.63) is 18.5 Å². The minimum absolute atomic E-state index is 0.352. The molecule has 104 valence electrons. The average Bonchev–Trinajstić information content (AvgIpc) is 2.56. The molecule has 2 rings (SSSR count). The molecular weight excluding hydrogens is 241 g/mol. The fraction of sp³-hybridized carbons (Fsp3) is 0.643. The molecule has 0 radical (unpaired) electrons. The fourth-order valence-electron chi connectivity index (χ4n) is 1.88. The lowest BCUT2D eigenvalue weighted by molar-refractivity contribution is 0.00578. The molecular formula is C14H22BNO3. The monoisotopic (exact) mass is 263 g/mol. The number of pyridine rings is 1. The first kappa shape index (κ1) is 14.3. The van der Waals surface area contributed by atoms with Gasteiger partial charge in [0.05, 0.1) is 17.8 Å². The van der Waals surface area contributed by atoms with Crippen molar-refractivity contribution in [1.29, 1.82) is 0 Å². The molecule has 5 heteroatoms. The van der Waals surface area contributed by atoms with Crippen molar-refractivity contribution < 1.29 is 14.0 Å². The van der Waals surface area contributed by atoms with Gasteiger partial charge < -0.3 is 14.0 Å². The van der Waals surface area contributed by atoms with Gasteiger partial charge in [0.2, 0.25) is 0 Å². The van der Waals surface area contributed by atoms with Gasteiger partial charge in [0.25, 0.3) is 0 Å². The Morgan fingerprint density at radius 1 is 1.21 bits per heavy atom. The first-order valence-corrected chi connectivity index (χ1v) is 6.80. The molecule has 0 N–H and O–H groups in total. The Hall–Kier alpha value is -1.07. The molecule has 2 heterocycles. The van der Waals surface area contributed by atoms with Gasteiger partial charge in [-0.3, -0.25) is 4.98 Å². The van der Waals surface area contributed by atoms with Crippen LogP contribution in [0, 0.1) is 0 Å². The predicted octanol–water partition coefficient (Wildman–Crippen LogP) is 2.17. The maximum atomic E-state index is 6.03. The number of aromatic nitrogens is 1. The molecule has 1 aromatic rings. The van der Waals surface area contributed by atoms with Gasteiger partial charge in [-0.1, -0.05) is 6.92 Å². The van der Waals surface area contributed by atoms with Gasteiger partial charge in [0.1, 0.15) is 5.75 Å². The van der Waals surface area contributed by atoms with Crippen molar-refractivity contribution in [2.75, 3.05) is 6.61 Å². The van der Waals surface area contributed by atoms with E-state index in [2.05, 4.69) is 11.9 Å². The van der Waals surface area contributed by atoms with Gasteiger partial charge in [-0.05, 0) is 40.2 Å². The molecule has 4 nitrogen and oxygen atoms in total. The third-order valence-electron chi connectivity index (χ3n) is 3.78. The van der Waals surface area contributed by atoms with Crippen molar-refractivity contribution in [1.82, 2.24) is 4.98 Å². The fourth-order valence-corrected chi connectivity index (χ4v) is 1.88. The lowest BCUT2D eigenvalue weighted by Gasteiger charge is -2.32. The first-order valence-electron chi connectivity index (χ1n) is 6.80. The lowest BCUT2D eigenvalue weighted by atomic mass is 9.79. The number of hydrogen-bond acceptors (Lipinski definition) is 4. The van der Waals surface area contributed by atoms with Crippen LogP contribution in [0.3, 0.4) is 0 Å². The van der Waals surface area contributed by atoms with E-state index in [1.54, 1.807) is 12.4 Å². The van der Waals surface area contributed by atoms with Crippen LogP contribution in [0.4, 0.5) is 0 Å². The van der Waals surface area contributed by atoms with Gasteiger partial charge in [0.15, 0.2) is 0 Å². The molecule has 0 unspecified atom stereocenters. The topological polar surface area (TPSA) is 40.6 Å². The maximum absolute atomic E-state index is 6.03. The molecule has 1 aliphatic rings. The molecule has 0 spiro atoms. The second-order valence-corrected chi connectivity index (χ2v) is 5.85. The van der Waals surface area contributed by atoms with Crippen molar-refractivity contribution in [3.63, 3.8) is 0 Å². The summed E-state index contributed by atoms with van der Waals surface area (Å²) in [4.78, 5) is 4.15. The minimum Gasteiger partial charge on any atom is -0.494 e. The Labute approximate surface area is 115 Å². The van der Waals surface area contributed by atoms with E-state index in [9.17, 15) is 0 Å². The second-order valence-electron chi connectivity index (χ2n) is 5.85. The highest BCUT2D eigenvalue weighted by Crippen LogP contribution is 2.37. The normalized spacial score (nSPS) is 20.6. The smallest absolute Gasteiger partial charge is 0.494 e. The highest BCUT2D eigenvalue weighted by atomic mass is 16.7. The number of ether oxygens (including phenoxy) is 1. The van der Waals surface area contributed by atoms with Crippen LogP contribution in [0.25, 0.3) is 0 Å². The third kappa shape index (κ3) is 2.77. The summed E-state index contributed by atoms with van der Waals surface area (Å²) in [5.74, 6) is 0.787. The number of hydrogen-bond donors (Lipinski definition) is 0. The van der Waals surface area contributed by atoms with E-state index in [0.29, 0.717) is 6.61 Å². The van der Waals surface area contributed by atoms with E-state index in [4.69, 9.17) is 14.0 Å². The SMILES string of the molecule is CCCOc1ccncc1B1OC(C)(C)C(C)(C)O1. The summed E-state index contributed by atoms with van der Waals surface area (Å²) in [6, 6.07) is 1.86. The molecule has 0 atom stereocenters. The highest BCUT2D eigenvalue weighted by Gasteiger charge is 2.52. The van der Waals surface area contributed by atoms with Gasteiger partial charge in [-0.25, -0.2) is 0 Å². The molecule has 0 amide bonds. The van der Waals surface area contributed by atoms with Crippen LogP contribution in [0.15, 0.2) is 18.5 Å². The van der Waals surface area contributed by atoms with Crippen molar-refractivity contribution >= 4 is 12.6 Å². The van der Waals surface area contributed by atoms with Gasteiger partial charge in [-0.15, -0.1) is 0 Å². The summed E-state index contributed by atoms with van der Waals surface area (Å²) in [5.41, 5.74) is 0.153. The van der Waals surface area contributed by atoms with Crippen molar-refractivity contribution in [2.24, 2.45) is 0 Å². The van der Waals surface area contributed by atoms with E-state index in [0.717, 1.165) is 17.6 Å². The average molecular weight is 263 g/mol. The Balaban J connectivity index is 2.24. The van der Waals surface area contributed by atoms with Gasteiger partial charge in [-0.2, -0.15) is 0 Å². The van der Waals surface area contributed by atoms with Crippen LogP contribution in [0.2, 0.25) is 0 Å². The molecule has 1 fully saturated rings. The first-order chi connectivity index (χ1) is 8.87. The third-order valence-corrected chi connectivity index (χ3v) is 3.78. The minimum atomic E-state index is -0.425. The van der Waals surface area contributed by atoms with E-state index < -0.39 is 7.12 Å². The van der Waals surface area contributed by atoms with Crippen LogP contribution in [-0.4, -0.2) is 29.9 Å². The second kappa shape index (κ2) is 5.14. The molecule has 1 aromatic heterocycles. The molecule has 0 aliphatic carbocycles. The van der Waals surface area contributed by atoms with Gasteiger partial charge in [0, 0.05) is 17.9 Å². The van der Waals surface area contributed by atoms with Crippen LogP contribution >= 0.6 is 0 Å². The van der Waals surface area contributed by atoms with Crippen LogP contribution in [0.5, 0.6) is 5.75 Å². The molecule has 0 bridgehead atoms. The standard InChI is InChI=1S/C14H22BNO3/c1-6-9-17-12-7-8-16-10-11(12)15-18-13(2,3)14(4,5)19-15/h7-8,10H,6,9H2,1-5H3. The summed E-state index contributed by atoms with van der Waals surface area (Å²) >= 11 is 0. The zero-order valence-corrected chi connectivity index (χ0v) is 12.4. The van der Waals surface area contributed by atoms with Crippen molar-refractivity contribution in [3.8, 4) is 5.75 Å². The Morgan fingerprint density at radius 2 is 1.84 bits per heavy atom. The van der Waals surface area contributed by atoms with Gasteiger partial charge >= 0.3 is 7.12 Å². The zero-order valence-electron chi connectivity index (χ0n) is 12.4. The van der Waals surface area contributed by atoms with E-state index in [1.807, 2.05) is 33.8 Å². The van der Waals surface area contributed by atoms with Crippen LogP contribution in [-0.2, 0) is 9.31 Å². The number of rotatable bonds is 4.